The van der Waals surface area contributed by atoms with Crippen molar-refractivity contribution in [3.8, 4) is 0 Å². The Labute approximate surface area is 189 Å². The molecule has 1 unspecified atom stereocenters. The molecule has 8 nitrogen and oxygen atoms in total. The molecular weight excluding hydrogens is 440 g/mol. The summed E-state index contributed by atoms with van der Waals surface area (Å²) in [5.74, 6) is -0.783. The first-order chi connectivity index (χ1) is 14.9. The summed E-state index contributed by atoms with van der Waals surface area (Å²) >= 11 is 7.05. The number of carbonyl (C=O) groups excluding carboxylic acids is 3. The number of hydrogen-bond donors (Lipinski definition) is 3. The molecule has 3 amide bonds. The summed E-state index contributed by atoms with van der Waals surface area (Å²) in [6, 6.07) is 7.86. The molecule has 1 aliphatic heterocycles. The van der Waals surface area contributed by atoms with Crippen LogP contribution in [0.2, 0.25) is 4.34 Å². The SMILES string of the molecule is Cc1cc(NC(=O)C(CCCN)NC(=O)c2ccc(Cl)s2)ccc1N1CCOCC1=O. The van der Waals surface area contributed by atoms with Crippen LogP contribution in [0.15, 0.2) is 30.3 Å². The summed E-state index contributed by atoms with van der Waals surface area (Å²) in [4.78, 5) is 39.6. The van der Waals surface area contributed by atoms with E-state index in [0.29, 0.717) is 47.4 Å². The predicted molar refractivity (Wildman–Crippen MR) is 122 cm³/mol. The first-order valence-electron chi connectivity index (χ1n) is 9.95. The predicted octanol–water partition coefficient (Wildman–Crippen LogP) is 2.55. The number of nitrogens with zero attached hydrogens (tertiary/aromatic N) is 1. The maximum atomic E-state index is 12.9. The van der Waals surface area contributed by atoms with Gasteiger partial charge in [0.15, 0.2) is 0 Å². The van der Waals surface area contributed by atoms with Gasteiger partial charge in [-0.25, -0.2) is 0 Å². The van der Waals surface area contributed by atoms with Crippen LogP contribution < -0.4 is 21.3 Å². The number of rotatable bonds is 8. The normalized spacial score (nSPS) is 14.9. The van der Waals surface area contributed by atoms with Gasteiger partial charge >= 0.3 is 0 Å². The van der Waals surface area contributed by atoms with Gasteiger partial charge in [0.25, 0.3) is 11.8 Å². The summed E-state index contributed by atoms with van der Waals surface area (Å²) in [6.07, 6.45) is 0.993. The number of amides is 3. The van der Waals surface area contributed by atoms with Crippen LogP contribution in [0.5, 0.6) is 0 Å². The van der Waals surface area contributed by atoms with E-state index in [1.54, 1.807) is 35.2 Å². The van der Waals surface area contributed by atoms with Gasteiger partial charge in [0.05, 0.1) is 15.8 Å². The maximum absolute atomic E-state index is 12.9. The number of halogens is 1. The molecule has 0 saturated carbocycles. The number of nitrogens with two attached hydrogens (primary N) is 1. The second kappa shape index (κ2) is 10.7. The van der Waals surface area contributed by atoms with Crippen molar-refractivity contribution >= 4 is 52.0 Å². The number of thiophene rings is 1. The second-order valence-corrected chi connectivity index (χ2v) is 8.86. The Morgan fingerprint density at radius 1 is 1.32 bits per heavy atom. The van der Waals surface area contributed by atoms with Crippen molar-refractivity contribution in [1.29, 1.82) is 0 Å². The number of aryl methyl sites for hydroxylation is 1. The first-order valence-corrected chi connectivity index (χ1v) is 11.1. The smallest absolute Gasteiger partial charge is 0.262 e. The zero-order valence-corrected chi connectivity index (χ0v) is 18.7. The molecule has 1 atom stereocenters. The van der Waals surface area contributed by atoms with Crippen molar-refractivity contribution in [3.63, 3.8) is 0 Å². The van der Waals surface area contributed by atoms with Crippen molar-refractivity contribution in [2.45, 2.75) is 25.8 Å². The first kappa shape index (κ1) is 23.2. The molecule has 31 heavy (non-hydrogen) atoms. The number of ether oxygens (including phenoxy) is 1. The van der Waals surface area contributed by atoms with E-state index >= 15 is 0 Å². The van der Waals surface area contributed by atoms with Crippen LogP contribution in [0, 0.1) is 6.92 Å². The Morgan fingerprint density at radius 2 is 2.13 bits per heavy atom. The Bertz CT molecular complexity index is 965. The highest BCUT2D eigenvalue weighted by molar-refractivity contribution is 7.18. The van der Waals surface area contributed by atoms with Gasteiger partial charge in [-0.1, -0.05) is 11.6 Å². The lowest BCUT2D eigenvalue weighted by Gasteiger charge is -2.28. The fourth-order valence-corrected chi connectivity index (χ4v) is 4.24. The Kier molecular flexibility index (Phi) is 8.03. The van der Waals surface area contributed by atoms with Gasteiger partial charge < -0.3 is 26.0 Å². The van der Waals surface area contributed by atoms with Gasteiger partial charge in [0.1, 0.15) is 12.6 Å². The molecule has 0 radical (unpaired) electrons. The molecule has 2 aromatic rings. The van der Waals surface area contributed by atoms with Crippen molar-refractivity contribution < 1.29 is 19.1 Å². The largest absolute Gasteiger partial charge is 0.370 e. The number of morpholine rings is 1. The van der Waals surface area contributed by atoms with E-state index in [4.69, 9.17) is 22.1 Å². The zero-order chi connectivity index (χ0) is 22.4. The van der Waals surface area contributed by atoms with Crippen LogP contribution >= 0.6 is 22.9 Å². The molecule has 1 saturated heterocycles. The highest BCUT2D eigenvalue weighted by atomic mass is 35.5. The average molecular weight is 465 g/mol. The van der Waals surface area contributed by atoms with Crippen LogP contribution in [0.25, 0.3) is 0 Å². The summed E-state index contributed by atoms with van der Waals surface area (Å²) in [5, 5.41) is 5.61. The topological polar surface area (TPSA) is 114 Å². The molecule has 1 aromatic carbocycles. The van der Waals surface area contributed by atoms with E-state index in [2.05, 4.69) is 10.6 Å². The van der Waals surface area contributed by atoms with E-state index in [1.807, 2.05) is 6.92 Å². The fourth-order valence-electron chi connectivity index (χ4n) is 3.29. The van der Waals surface area contributed by atoms with Gasteiger partial charge in [0, 0.05) is 17.9 Å². The van der Waals surface area contributed by atoms with E-state index < -0.39 is 6.04 Å². The lowest BCUT2D eigenvalue weighted by atomic mass is 10.1. The van der Waals surface area contributed by atoms with Gasteiger partial charge in [0.2, 0.25) is 5.91 Å². The highest BCUT2D eigenvalue weighted by Crippen LogP contribution is 2.25. The lowest BCUT2D eigenvalue weighted by Crippen LogP contribution is -2.44. The number of hydrogen-bond acceptors (Lipinski definition) is 6. The van der Waals surface area contributed by atoms with Gasteiger partial charge in [-0.15, -0.1) is 11.3 Å². The average Bonchev–Trinajstić information content (AvgIpc) is 3.18. The van der Waals surface area contributed by atoms with Crippen molar-refractivity contribution in [2.24, 2.45) is 5.73 Å². The molecule has 1 aliphatic rings. The molecule has 0 aliphatic carbocycles. The molecular formula is C21H25ClN4O4S. The Hall–Kier alpha value is -2.46. The fraction of sp³-hybridized carbons (Fsp3) is 0.381. The monoisotopic (exact) mass is 464 g/mol. The number of anilines is 2. The molecule has 0 spiro atoms. The van der Waals surface area contributed by atoms with Gasteiger partial charge in [-0.3, -0.25) is 14.4 Å². The van der Waals surface area contributed by atoms with Crippen LogP contribution in [-0.4, -0.2) is 50.1 Å². The molecule has 4 N–H and O–H groups in total. The summed E-state index contributed by atoms with van der Waals surface area (Å²) in [7, 11) is 0. The molecule has 1 aromatic heterocycles. The van der Waals surface area contributed by atoms with E-state index in [0.717, 1.165) is 22.6 Å². The highest BCUT2D eigenvalue weighted by Gasteiger charge is 2.24. The van der Waals surface area contributed by atoms with Gasteiger partial charge in [-0.05, 0) is 62.2 Å². The third-order valence-electron chi connectivity index (χ3n) is 4.86. The maximum Gasteiger partial charge on any atom is 0.262 e. The third kappa shape index (κ3) is 6.04. The molecule has 166 valence electrons. The molecule has 3 rings (SSSR count). The number of nitrogens with one attached hydrogen (secondary N) is 2. The van der Waals surface area contributed by atoms with E-state index in [-0.39, 0.29) is 24.3 Å². The van der Waals surface area contributed by atoms with Crippen LogP contribution in [0.3, 0.4) is 0 Å². The van der Waals surface area contributed by atoms with Crippen LogP contribution in [-0.2, 0) is 14.3 Å². The Morgan fingerprint density at radius 3 is 2.77 bits per heavy atom. The molecule has 2 heterocycles. The number of carbonyl (C=O) groups is 3. The van der Waals surface area contributed by atoms with Crippen molar-refractivity contribution in [3.05, 3.63) is 45.1 Å². The molecule has 0 bridgehead atoms. The summed E-state index contributed by atoms with van der Waals surface area (Å²) in [6.45, 7) is 3.33. The molecule has 10 heteroatoms. The standard InChI is InChI=1S/C21H25ClN4O4S/c1-13-11-14(4-5-16(13)26-9-10-30-12-19(26)27)24-20(28)15(3-2-8-23)25-21(29)17-6-7-18(22)31-17/h4-7,11,15H,2-3,8-10,12,23H2,1H3,(H,24,28)(H,25,29). The van der Waals surface area contributed by atoms with E-state index in [1.165, 1.54) is 0 Å². The molecule has 1 fully saturated rings. The summed E-state index contributed by atoms with van der Waals surface area (Å²) < 4.78 is 5.68. The third-order valence-corrected chi connectivity index (χ3v) is 6.09. The van der Waals surface area contributed by atoms with E-state index in [9.17, 15) is 14.4 Å². The Balaban J connectivity index is 1.69. The lowest BCUT2D eigenvalue weighted by molar-refractivity contribution is -0.125. The zero-order valence-electron chi connectivity index (χ0n) is 17.2. The minimum absolute atomic E-state index is 0.0654. The number of benzene rings is 1. The quantitative estimate of drug-likeness (QED) is 0.555. The second-order valence-electron chi connectivity index (χ2n) is 7.15. The summed E-state index contributed by atoms with van der Waals surface area (Å²) in [5.41, 5.74) is 7.81. The van der Waals surface area contributed by atoms with Crippen LogP contribution in [0.4, 0.5) is 11.4 Å². The van der Waals surface area contributed by atoms with Crippen molar-refractivity contribution in [1.82, 2.24) is 5.32 Å². The van der Waals surface area contributed by atoms with Crippen LogP contribution in [0.1, 0.15) is 28.1 Å². The minimum atomic E-state index is -0.738. The van der Waals surface area contributed by atoms with Gasteiger partial charge in [-0.2, -0.15) is 0 Å². The minimum Gasteiger partial charge on any atom is -0.370 e. The van der Waals surface area contributed by atoms with Crippen molar-refractivity contribution in [2.75, 3.05) is 36.5 Å².